The lowest BCUT2D eigenvalue weighted by Crippen LogP contribution is -2.27. The first kappa shape index (κ1) is 14.9. The summed E-state index contributed by atoms with van der Waals surface area (Å²) >= 11 is 0. The Hall–Kier alpha value is -0.120. The van der Waals surface area contributed by atoms with Crippen LogP contribution in [0.2, 0.25) is 0 Å². The summed E-state index contributed by atoms with van der Waals surface area (Å²) in [4.78, 5) is 2.63. The number of nitrogens with one attached hydrogen (secondary N) is 1. The van der Waals surface area contributed by atoms with Gasteiger partial charge in [-0.05, 0) is 64.2 Å². The fourth-order valence-corrected chi connectivity index (χ4v) is 2.52. The van der Waals surface area contributed by atoms with E-state index in [0.717, 1.165) is 12.5 Å². The highest BCUT2D eigenvalue weighted by molar-refractivity contribution is 4.76. The lowest BCUT2D eigenvalue weighted by molar-refractivity contribution is 0.190. The molecule has 0 aromatic rings. The molecule has 1 N–H and O–H groups in total. The van der Waals surface area contributed by atoms with Crippen molar-refractivity contribution in [3.05, 3.63) is 0 Å². The Bertz CT molecular complexity index is 176. The predicted octanol–water partition coefficient (Wildman–Crippen LogP) is 2.12. The van der Waals surface area contributed by atoms with Gasteiger partial charge < -0.3 is 15.0 Å². The van der Waals surface area contributed by atoms with Gasteiger partial charge in [0, 0.05) is 20.3 Å². The van der Waals surface area contributed by atoms with Crippen LogP contribution < -0.4 is 5.32 Å². The highest BCUT2D eigenvalue weighted by atomic mass is 16.5. The van der Waals surface area contributed by atoms with Crippen molar-refractivity contribution in [3.8, 4) is 0 Å². The Balaban J connectivity index is 1.94. The molecule has 0 bridgehead atoms. The van der Waals surface area contributed by atoms with Crippen LogP contribution in [0, 0.1) is 5.92 Å². The zero-order valence-corrected chi connectivity index (χ0v) is 11.7. The second-order valence-corrected chi connectivity index (χ2v) is 5.21. The van der Waals surface area contributed by atoms with Crippen molar-refractivity contribution >= 4 is 0 Å². The topological polar surface area (TPSA) is 24.5 Å². The second kappa shape index (κ2) is 9.86. The fraction of sp³-hybridized carbons (Fsp3) is 1.00. The first-order valence-electron chi connectivity index (χ1n) is 7.28. The van der Waals surface area contributed by atoms with Crippen molar-refractivity contribution in [2.24, 2.45) is 5.92 Å². The van der Waals surface area contributed by atoms with E-state index in [1.165, 1.54) is 64.8 Å². The Morgan fingerprint density at radius 2 is 2.18 bits per heavy atom. The molecule has 17 heavy (non-hydrogen) atoms. The van der Waals surface area contributed by atoms with Gasteiger partial charge in [0.05, 0.1) is 0 Å². The van der Waals surface area contributed by atoms with Gasteiger partial charge in [0.2, 0.25) is 0 Å². The largest absolute Gasteiger partial charge is 0.385 e. The van der Waals surface area contributed by atoms with Crippen LogP contribution in [-0.2, 0) is 4.74 Å². The van der Waals surface area contributed by atoms with Gasteiger partial charge in [0.15, 0.2) is 0 Å². The van der Waals surface area contributed by atoms with Crippen molar-refractivity contribution in [1.82, 2.24) is 10.2 Å². The molecule has 1 fully saturated rings. The lowest BCUT2D eigenvalue weighted by atomic mass is 10.1. The van der Waals surface area contributed by atoms with E-state index in [1.54, 1.807) is 7.11 Å². The number of rotatable bonds is 10. The van der Waals surface area contributed by atoms with Crippen molar-refractivity contribution < 1.29 is 4.74 Å². The van der Waals surface area contributed by atoms with Crippen molar-refractivity contribution in [2.45, 2.75) is 39.0 Å². The Kier molecular flexibility index (Phi) is 8.67. The van der Waals surface area contributed by atoms with Crippen LogP contribution in [-0.4, -0.2) is 51.3 Å². The molecule has 1 aliphatic heterocycles. The summed E-state index contributed by atoms with van der Waals surface area (Å²) < 4.78 is 5.06. The molecule has 1 heterocycles. The van der Waals surface area contributed by atoms with Crippen LogP contribution in [0.3, 0.4) is 0 Å². The quantitative estimate of drug-likeness (QED) is 0.594. The summed E-state index contributed by atoms with van der Waals surface area (Å²) in [6.45, 7) is 9.44. The van der Waals surface area contributed by atoms with Gasteiger partial charge in [-0.3, -0.25) is 0 Å². The summed E-state index contributed by atoms with van der Waals surface area (Å²) in [5, 5.41) is 3.54. The maximum atomic E-state index is 5.06. The molecule has 102 valence electrons. The lowest BCUT2D eigenvalue weighted by Gasteiger charge is -2.16. The SMILES string of the molecule is CCCNCC1CCN(CCCCCOC)C1. The first-order chi connectivity index (χ1) is 8.36. The van der Waals surface area contributed by atoms with E-state index in [2.05, 4.69) is 17.1 Å². The summed E-state index contributed by atoms with van der Waals surface area (Å²) in [5.74, 6) is 0.889. The number of unbranched alkanes of at least 4 members (excludes halogenated alkanes) is 2. The third kappa shape index (κ3) is 7.02. The highest BCUT2D eigenvalue weighted by Crippen LogP contribution is 2.16. The molecule has 3 heteroatoms. The second-order valence-electron chi connectivity index (χ2n) is 5.21. The molecule has 3 nitrogen and oxygen atoms in total. The minimum Gasteiger partial charge on any atom is -0.385 e. The molecule has 1 rings (SSSR count). The smallest absolute Gasteiger partial charge is 0.0462 e. The monoisotopic (exact) mass is 242 g/mol. The fourth-order valence-electron chi connectivity index (χ4n) is 2.52. The van der Waals surface area contributed by atoms with Crippen LogP contribution in [0.25, 0.3) is 0 Å². The Labute approximate surface area is 107 Å². The Morgan fingerprint density at radius 3 is 2.94 bits per heavy atom. The molecule has 1 unspecified atom stereocenters. The number of ether oxygens (including phenoxy) is 1. The molecule has 0 radical (unpaired) electrons. The maximum absolute atomic E-state index is 5.06. The molecule has 1 atom stereocenters. The number of likely N-dealkylation sites (tertiary alicyclic amines) is 1. The average Bonchev–Trinajstić information content (AvgIpc) is 2.77. The maximum Gasteiger partial charge on any atom is 0.0462 e. The van der Waals surface area contributed by atoms with Gasteiger partial charge >= 0.3 is 0 Å². The molecule has 1 aliphatic rings. The minimum absolute atomic E-state index is 0.889. The molecular weight excluding hydrogens is 212 g/mol. The zero-order chi connectivity index (χ0) is 12.3. The van der Waals surface area contributed by atoms with E-state index < -0.39 is 0 Å². The predicted molar refractivity (Wildman–Crippen MR) is 73.4 cm³/mol. The molecule has 0 saturated carbocycles. The number of nitrogens with zero attached hydrogens (tertiary/aromatic N) is 1. The highest BCUT2D eigenvalue weighted by Gasteiger charge is 2.21. The molecule has 0 spiro atoms. The number of hydrogen-bond acceptors (Lipinski definition) is 3. The van der Waals surface area contributed by atoms with Gasteiger partial charge in [0.25, 0.3) is 0 Å². The normalized spacial score (nSPS) is 21.2. The third-order valence-electron chi connectivity index (χ3n) is 3.55. The summed E-state index contributed by atoms with van der Waals surface area (Å²) in [6.07, 6.45) is 6.48. The van der Waals surface area contributed by atoms with Crippen LogP contribution in [0.5, 0.6) is 0 Å². The van der Waals surface area contributed by atoms with E-state index in [9.17, 15) is 0 Å². The third-order valence-corrected chi connectivity index (χ3v) is 3.55. The summed E-state index contributed by atoms with van der Waals surface area (Å²) in [7, 11) is 1.79. The van der Waals surface area contributed by atoms with E-state index in [-0.39, 0.29) is 0 Å². The number of hydrogen-bond donors (Lipinski definition) is 1. The van der Waals surface area contributed by atoms with E-state index in [1.807, 2.05) is 0 Å². The van der Waals surface area contributed by atoms with E-state index >= 15 is 0 Å². The first-order valence-corrected chi connectivity index (χ1v) is 7.28. The van der Waals surface area contributed by atoms with Crippen molar-refractivity contribution in [3.63, 3.8) is 0 Å². The minimum atomic E-state index is 0.889. The summed E-state index contributed by atoms with van der Waals surface area (Å²) in [6, 6.07) is 0. The average molecular weight is 242 g/mol. The van der Waals surface area contributed by atoms with Crippen LogP contribution >= 0.6 is 0 Å². The molecule has 0 aromatic carbocycles. The molecule has 0 amide bonds. The van der Waals surface area contributed by atoms with E-state index in [0.29, 0.717) is 0 Å². The van der Waals surface area contributed by atoms with Crippen molar-refractivity contribution in [2.75, 3.05) is 46.4 Å². The van der Waals surface area contributed by atoms with Gasteiger partial charge in [-0.15, -0.1) is 0 Å². The van der Waals surface area contributed by atoms with Crippen LogP contribution in [0.4, 0.5) is 0 Å². The molecule has 0 aromatic heterocycles. The zero-order valence-electron chi connectivity index (χ0n) is 11.7. The van der Waals surface area contributed by atoms with Gasteiger partial charge in [-0.1, -0.05) is 6.92 Å². The van der Waals surface area contributed by atoms with Gasteiger partial charge in [-0.25, -0.2) is 0 Å². The van der Waals surface area contributed by atoms with E-state index in [4.69, 9.17) is 4.74 Å². The molecule has 0 aliphatic carbocycles. The van der Waals surface area contributed by atoms with Gasteiger partial charge in [-0.2, -0.15) is 0 Å². The molecule has 1 saturated heterocycles. The van der Waals surface area contributed by atoms with Crippen molar-refractivity contribution in [1.29, 1.82) is 0 Å². The van der Waals surface area contributed by atoms with Crippen LogP contribution in [0.1, 0.15) is 39.0 Å². The molecular formula is C14H30N2O. The van der Waals surface area contributed by atoms with Gasteiger partial charge in [0.1, 0.15) is 0 Å². The number of methoxy groups -OCH3 is 1. The van der Waals surface area contributed by atoms with Crippen LogP contribution in [0.15, 0.2) is 0 Å². The summed E-state index contributed by atoms with van der Waals surface area (Å²) in [5.41, 5.74) is 0. The Morgan fingerprint density at radius 1 is 1.29 bits per heavy atom. The standard InChI is InChI=1S/C14H30N2O/c1-3-8-15-12-14-7-10-16(13-14)9-5-4-6-11-17-2/h14-15H,3-13H2,1-2H3.